The first-order valence-corrected chi connectivity index (χ1v) is 2.40. The first-order chi connectivity index (χ1) is 4.29. The summed E-state index contributed by atoms with van der Waals surface area (Å²) in [4.78, 5) is 28.2. The Balaban J connectivity index is 0.000000291. The number of amides is 2. The Morgan fingerprint density at radius 1 is 1.11 bits per heavy atom. The van der Waals surface area contributed by atoms with E-state index in [2.05, 4.69) is 5.32 Å². The number of carbonyl (C=O) groups excluding carboxylic acids is 3. The molecule has 0 atom stereocenters. The van der Waals surface area contributed by atoms with Crippen LogP contribution in [0, 0.1) is 0 Å². The molecule has 2 amide bonds. The van der Waals surface area contributed by atoms with Gasteiger partial charge in [-0.15, -0.1) is 0 Å². The van der Waals surface area contributed by atoms with Gasteiger partial charge in [-0.2, -0.15) is 0 Å². The standard InChI is InChI=1S/C4H5NO2.CH2O/c6-3-1-2-4(7)5-3;1-2/h1-2H2,(H,5,6,7);1H2. The fraction of sp³-hybridized carbons (Fsp3) is 0.400. The zero-order valence-corrected chi connectivity index (χ0v) is 4.85. The summed E-state index contributed by atoms with van der Waals surface area (Å²) < 4.78 is 0. The average Bonchev–Trinajstić information content (AvgIpc) is 2.20. The van der Waals surface area contributed by atoms with Crippen LogP contribution in [0.2, 0.25) is 0 Å². The van der Waals surface area contributed by atoms with Gasteiger partial charge in [0.1, 0.15) is 6.79 Å². The van der Waals surface area contributed by atoms with E-state index in [0.29, 0.717) is 12.8 Å². The van der Waals surface area contributed by atoms with Crippen molar-refractivity contribution < 1.29 is 14.4 Å². The summed E-state index contributed by atoms with van der Waals surface area (Å²) in [7, 11) is 0. The van der Waals surface area contributed by atoms with Crippen molar-refractivity contribution in [1.82, 2.24) is 5.32 Å². The van der Waals surface area contributed by atoms with Crippen LogP contribution in [0.1, 0.15) is 12.8 Å². The monoisotopic (exact) mass is 129 g/mol. The summed E-state index contributed by atoms with van der Waals surface area (Å²) in [5.41, 5.74) is 0. The Kier molecular flexibility index (Phi) is 3.27. The quantitative estimate of drug-likeness (QED) is 0.437. The zero-order valence-electron chi connectivity index (χ0n) is 4.85. The number of nitrogens with one attached hydrogen (secondary N) is 1. The van der Waals surface area contributed by atoms with Gasteiger partial charge in [-0.1, -0.05) is 0 Å². The predicted octanol–water partition coefficient (Wildman–Crippen LogP) is -0.762. The van der Waals surface area contributed by atoms with E-state index < -0.39 is 0 Å². The van der Waals surface area contributed by atoms with Crippen molar-refractivity contribution in [2.24, 2.45) is 0 Å². The highest BCUT2D eigenvalue weighted by molar-refractivity contribution is 6.01. The number of imide groups is 1. The van der Waals surface area contributed by atoms with E-state index in [1.54, 1.807) is 0 Å². The molecule has 4 nitrogen and oxygen atoms in total. The third-order valence-corrected chi connectivity index (χ3v) is 0.858. The molecule has 0 radical (unpaired) electrons. The van der Waals surface area contributed by atoms with Crippen LogP contribution < -0.4 is 5.32 Å². The molecule has 0 aromatic rings. The molecular formula is C5H7NO3. The van der Waals surface area contributed by atoms with Crippen LogP contribution >= 0.6 is 0 Å². The minimum atomic E-state index is -0.148. The molecule has 1 rings (SSSR count). The lowest BCUT2D eigenvalue weighted by Crippen LogP contribution is -2.18. The molecule has 1 aliphatic rings. The molecule has 1 saturated heterocycles. The van der Waals surface area contributed by atoms with Crippen LogP contribution in [0.4, 0.5) is 0 Å². The fourth-order valence-electron chi connectivity index (χ4n) is 0.508. The van der Waals surface area contributed by atoms with Crippen molar-refractivity contribution in [2.75, 3.05) is 0 Å². The van der Waals surface area contributed by atoms with Gasteiger partial charge in [0, 0.05) is 12.8 Å². The van der Waals surface area contributed by atoms with E-state index in [0.717, 1.165) is 0 Å². The van der Waals surface area contributed by atoms with Gasteiger partial charge in [-0.05, 0) is 0 Å². The SMILES string of the molecule is C=O.O=C1CCC(=O)N1. The smallest absolute Gasteiger partial charge is 0.227 e. The Hall–Kier alpha value is -1.19. The van der Waals surface area contributed by atoms with Crippen molar-refractivity contribution in [1.29, 1.82) is 0 Å². The first kappa shape index (κ1) is 7.81. The summed E-state index contributed by atoms with van der Waals surface area (Å²) >= 11 is 0. The maximum absolute atomic E-state index is 10.1. The van der Waals surface area contributed by atoms with E-state index in [1.165, 1.54) is 0 Å². The number of hydrogen-bond acceptors (Lipinski definition) is 3. The van der Waals surface area contributed by atoms with Gasteiger partial charge >= 0.3 is 0 Å². The molecule has 0 unspecified atom stereocenters. The highest BCUT2D eigenvalue weighted by atomic mass is 16.2. The van der Waals surface area contributed by atoms with Crippen LogP contribution in [0.3, 0.4) is 0 Å². The van der Waals surface area contributed by atoms with E-state index in [-0.39, 0.29) is 11.8 Å². The maximum Gasteiger partial charge on any atom is 0.227 e. The topological polar surface area (TPSA) is 63.2 Å². The molecule has 1 N–H and O–H groups in total. The first-order valence-electron chi connectivity index (χ1n) is 2.40. The van der Waals surface area contributed by atoms with Crippen LogP contribution in [0.5, 0.6) is 0 Å². The molecule has 1 heterocycles. The van der Waals surface area contributed by atoms with Gasteiger partial charge in [0.2, 0.25) is 11.8 Å². The third kappa shape index (κ3) is 2.58. The van der Waals surface area contributed by atoms with Crippen molar-refractivity contribution in [2.45, 2.75) is 12.8 Å². The highest BCUT2D eigenvalue weighted by Crippen LogP contribution is 1.95. The summed E-state index contributed by atoms with van der Waals surface area (Å²) in [6.45, 7) is 2.00. The van der Waals surface area contributed by atoms with Gasteiger partial charge in [0.25, 0.3) is 0 Å². The third-order valence-electron chi connectivity index (χ3n) is 0.858. The maximum atomic E-state index is 10.1. The van der Waals surface area contributed by atoms with Gasteiger partial charge in [0.05, 0.1) is 0 Å². The van der Waals surface area contributed by atoms with Crippen molar-refractivity contribution >= 4 is 18.6 Å². The van der Waals surface area contributed by atoms with Crippen LogP contribution in [-0.4, -0.2) is 18.6 Å². The largest absolute Gasteiger partial charge is 0.307 e. The fourth-order valence-corrected chi connectivity index (χ4v) is 0.508. The Morgan fingerprint density at radius 3 is 1.56 bits per heavy atom. The number of carbonyl (C=O) groups is 3. The molecule has 1 aliphatic heterocycles. The van der Waals surface area contributed by atoms with Crippen LogP contribution in [-0.2, 0) is 14.4 Å². The second kappa shape index (κ2) is 3.77. The molecule has 0 aromatic carbocycles. The van der Waals surface area contributed by atoms with E-state index >= 15 is 0 Å². The molecule has 9 heavy (non-hydrogen) atoms. The Bertz CT molecular complexity index is 118. The summed E-state index contributed by atoms with van der Waals surface area (Å²) in [6, 6.07) is 0. The lowest BCUT2D eigenvalue weighted by atomic mass is 10.4. The molecule has 1 fully saturated rings. The van der Waals surface area contributed by atoms with Crippen LogP contribution in [0.25, 0.3) is 0 Å². The Morgan fingerprint density at radius 2 is 1.44 bits per heavy atom. The molecule has 4 heteroatoms. The Labute approximate surface area is 52.2 Å². The average molecular weight is 129 g/mol. The molecule has 0 saturated carbocycles. The van der Waals surface area contributed by atoms with Crippen molar-refractivity contribution in [3.8, 4) is 0 Å². The van der Waals surface area contributed by atoms with Gasteiger partial charge in [-0.25, -0.2) is 0 Å². The van der Waals surface area contributed by atoms with E-state index in [9.17, 15) is 9.59 Å². The van der Waals surface area contributed by atoms with Gasteiger partial charge in [-0.3, -0.25) is 14.9 Å². The minimum Gasteiger partial charge on any atom is -0.307 e. The molecule has 0 bridgehead atoms. The van der Waals surface area contributed by atoms with E-state index in [1.807, 2.05) is 6.79 Å². The minimum absolute atomic E-state index is 0.148. The zero-order chi connectivity index (χ0) is 7.28. The predicted molar refractivity (Wildman–Crippen MR) is 29.5 cm³/mol. The number of rotatable bonds is 0. The lowest BCUT2D eigenvalue weighted by molar-refractivity contribution is -0.124. The van der Waals surface area contributed by atoms with Gasteiger partial charge < -0.3 is 4.79 Å². The summed E-state index contributed by atoms with van der Waals surface area (Å²) in [5.74, 6) is -0.296. The van der Waals surface area contributed by atoms with Crippen molar-refractivity contribution in [3.05, 3.63) is 0 Å². The highest BCUT2D eigenvalue weighted by Gasteiger charge is 2.15. The molecule has 0 spiro atoms. The van der Waals surface area contributed by atoms with Crippen molar-refractivity contribution in [3.63, 3.8) is 0 Å². The lowest BCUT2D eigenvalue weighted by Gasteiger charge is -1.79. The van der Waals surface area contributed by atoms with Gasteiger partial charge in [0.15, 0.2) is 0 Å². The summed E-state index contributed by atoms with van der Waals surface area (Å²) in [5, 5.41) is 2.14. The molecular weight excluding hydrogens is 122 g/mol. The number of hydrogen-bond donors (Lipinski definition) is 1. The molecule has 0 aliphatic carbocycles. The second-order valence-electron chi connectivity index (χ2n) is 1.47. The van der Waals surface area contributed by atoms with E-state index in [4.69, 9.17) is 4.79 Å². The molecule has 50 valence electrons. The molecule has 0 aromatic heterocycles. The van der Waals surface area contributed by atoms with Crippen LogP contribution in [0.15, 0.2) is 0 Å². The second-order valence-corrected chi connectivity index (χ2v) is 1.47. The summed E-state index contributed by atoms with van der Waals surface area (Å²) in [6.07, 6.45) is 0.748. The normalized spacial score (nSPS) is 16.0.